The van der Waals surface area contributed by atoms with Crippen molar-refractivity contribution in [2.75, 3.05) is 5.32 Å². The second kappa shape index (κ2) is 8.44. The zero-order valence-corrected chi connectivity index (χ0v) is 16.0. The van der Waals surface area contributed by atoms with E-state index in [-0.39, 0.29) is 12.3 Å². The first-order valence-corrected chi connectivity index (χ1v) is 9.30. The molecule has 4 aromatic rings. The van der Waals surface area contributed by atoms with Crippen LogP contribution in [0.15, 0.2) is 89.5 Å². The highest BCUT2D eigenvalue weighted by Gasteiger charge is 2.13. The van der Waals surface area contributed by atoms with Gasteiger partial charge in [-0.15, -0.1) is 0 Å². The highest BCUT2D eigenvalue weighted by atomic mass is 16.5. The Bertz CT molecular complexity index is 1100. The average molecular weight is 384 g/mol. The lowest BCUT2D eigenvalue weighted by atomic mass is 10.2. The minimum absolute atomic E-state index is 0.106. The maximum absolute atomic E-state index is 12.5. The predicted molar refractivity (Wildman–Crippen MR) is 112 cm³/mol. The van der Waals surface area contributed by atoms with Gasteiger partial charge in [-0.1, -0.05) is 48.0 Å². The Morgan fingerprint density at radius 2 is 1.69 bits per heavy atom. The van der Waals surface area contributed by atoms with E-state index >= 15 is 0 Å². The Hall–Kier alpha value is -3.86. The first-order chi connectivity index (χ1) is 14.2. The van der Waals surface area contributed by atoms with Gasteiger partial charge in [-0.2, -0.15) is 0 Å². The molecule has 1 N–H and O–H groups in total. The van der Waals surface area contributed by atoms with E-state index in [0.29, 0.717) is 28.8 Å². The molecular formula is C24H20N2O3. The van der Waals surface area contributed by atoms with Crippen LogP contribution in [0.25, 0.3) is 11.5 Å². The Morgan fingerprint density at radius 1 is 0.966 bits per heavy atom. The number of carbonyl (C=O) groups is 1. The number of amides is 1. The van der Waals surface area contributed by atoms with Gasteiger partial charge in [-0.3, -0.25) is 4.79 Å². The lowest BCUT2D eigenvalue weighted by Gasteiger charge is -2.12. The zero-order valence-electron chi connectivity index (χ0n) is 16.0. The Balaban J connectivity index is 1.44. The molecule has 4 rings (SSSR count). The van der Waals surface area contributed by atoms with Crippen LogP contribution in [-0.4, -0.2) is 10.9 Å². The maximum Gasteiger partial charge on any atom is 0.230 e. The average Bonchev–Trinajstić information content (AvgIpc) is 3.20. The number of nitrogens with one attached hydrogen (secondary N) is 1. The Kier molecular flexibility index (Phi) is 5.38. The number of hydrogen-bond acceptors (Lipinski definition) is 4. The van der Waals surface area contributed by atoms with E-state index in [2.05, 4.69) is 10.3 Å². The summed E-state index contributed by atoms with van der Waals surface area (Å²) in [7, 11) is 0. The van der Waals surface area contributed by atoms with Gasteiger partial charge in [0, 0.05) is 5.56 Å². The second-order valence-corrected chi connectivity index (χ2v) is 6.65. The van der Waals surface area contributed by atoms with Crippen molar-refractivity contribution in [3.05, 3.63) is 96.4 Å². The van der Waals surface area contributed by atoms with Crippen LogP contribution < -0.4 is 10.1 Å². The van der Waals surface area contributed by atoms with E-state index in [9.17, 15) is 4.79 Å². The van der Waals surface area contributed by atoms with Crippen LogP contribution in [0, 0.1) is 6.92 Å². The molecule has 0 spiro atoms. The molecule has 1 amide bonds. The van der Waals surface area contributed by atoms with Gasteiger partial charge in [-0.05, 0) is 43.3 Å². The molecule has 1 heterocycles. The molecule has 0 saturated carbocycles. The summed E-state index contributed by atoms with van der Waals surface area (Å²) >= 11 is 0. The lowest BCUT2D eigenvalue weighted by Crippen LogP contribution is -2.15. The third-order valence-electron chi connectivity index (χ3n) is 4.32. The van der Waals surface area contributed by atoms with Crippen molar-refractivity contribution in [2.24, 2.45) is 0 Å². The van der Waals surface area contributed by atoms with Crippen molar-refractivity contribution in [2.45, 2.75) is 13.3 Å². The topological polar surface area (TPSA) is 64.4 Å². The number of aromatic nitrogens is 1. The molecule has 0 bridgehead atoms. The van der Waals surface area contributed by atoms with Crippen LogP contribution in [0.3, 0.4) is 0 Å². The number of nitrogens with zero attached hydrogens (tertiary/aromatic N) is 1. The number of anilines is 1. The van der Waals surface area contributed by atoms with E-state index in [1.165, 1.54) is 6.26 Å². The minimum atomic E-state index is -0.196. The van der Waals surface area contributed by atoms with E-state index < -0.39 is 0 Å². The number of aryl methyl sites for hydroxylation is 1. The SMILES string of the molecule is Cc1ccc(Oc2ccccc2NC(=O)Cc2coc(-c3ccccc3)n2)cc1. The molecule has 0 atom stereocenters. The summed E-state index contributed by atoms with van der Waals surface area (Å²) in [6, 6.07) is 24.7. The largest absolute Gasteiger partial charge is 0.455 e. The number of hydrogen-bond donors (Lipinski definition) is 1. The fourth-order valence-corrected chi connectivity index (χ4v) is 2.85. The number of para-hydroxylation sites is 2. The molecule has 0 saturated heterocycles. The molecule has 144 valence electrons. The van der Waals surface area contributed by atoms with Gasteiger partial charge in [0.15, 0.2) is 5.75 Å². The molecule has 5 heteroatoms. The van der Waals surface area contributed by atoms with Crippen LogP contribution >= 0.6 is 0 Å². The number of oxazole rings is 1. The minimum Gasteiger partial charge on any atom is -0.455 e. The van der Waals surface area contributed by atoms with Crippen LogP contribution in [0.5, 0.6) is 11.5 Å². The summed E-state index contributed by atoms with van der Waals surface area (Å²) in [6.45, 7) is 2.02. The number of carbonyl (C=O) groups excluding carboxylic acids is 1. The van der Waals surface area contributed by atoms with Crippen molar-refractivity contribution >= 4 is 11.6 Å². The normalized spacial score (nSPS) is 10.5. The molecule has 0 aliphatic heterocycles. The molecule has 0 aliphatic carbocycles. The summed E-state index contributed by atoms with van der Waals surface area (Å²) in [5.41, 5.74) is 3.19. The van der Waals surface area contributed by atoms with Gasteiger partial charge >= 0.3 is 0 Å². The Labute approximate surface area is 169 Å². The van der Waals surface area contributed by atoms with Crippen molar-refractivity contribution < 1.29 is 13.9 Å². The summed E-state index contributed by atoms with van der Waals surface area (Å²) in [4.78, 5) is 16.9. The highest BCUT2D eigenvalue weighted by Crippen LogP contribution is 2.29. The first kappa shape index (κ1) is 18.5. The third kappa shape index (κ3) is 4.71. The number of rotatable bonds is 6. The summed E-state index contributed by atoms with van der Waals surface area (Å²) in [6.07, 6.45) is 1.62. The van der Waals surface area contributed by atoms with Crippen LogP contribution in [0.1, 0.15) is 11.3 Å². The molecule has 5 nitrogen and oxygen atoms in total. The van der Waals surface area contributed by atoms with E-state index in [1.807, 2.05) is 79.7 Å². The zero-order chi connectivity index (χ0) is 20.1. The van der Waals surface area contributed by atoms with E-state index in [1.54, 1.807) is 6.07 Å². The van der Waals surface area contributed by atoms with Gasteiger partial charge in [0.1, 0.15) is 12.0 Å². The molecule has 0 radical (unpaired) electrons. The van der Waals surface area contributed by atoms with Gasteiger partial charge in [0.2, 0.25) is 11.8 Å². The molecule has 0 aliphatic rings. The number of ether oxygens (including phenoxy) is 1. The summed E-state index contributed by atoms with van der Waals surface area (Å²) in [5, 5.41) is 2.89. The van der Waals surface area contributed by atoms with Gasteiger partial charge in [0.25, 0.3) is 0 Å². The van der Waals surface area contributed by atoms with Gasteiger partial charge < -0.3 is 14.5 Å². The fraction of sp³-hybridized carbons (Fsp3) is 0.0833. The Morgan fingerprint density at radius 3 is 2.48 bits per heavy atom. The lowest BCUT2D eigenvalue weighted by molar-refractivity contribution is -0.115. The molecule has 1 aromatic heterocycles. The molecule has 3 aromatic carbocycles. The summed E-state index contributed by atoms with van der Waals surface area (Å²) in [5.74, 6) is 1.59. The summed E-state index contributed by atoms with van der Waals surface area (Å²) < 4.78 is 11.4. The maximum atomic E-state index is 12.5. The molecular weight excluding hydrogens is 364 g/mol. The molecule has 0 fully saturated rings. The third-order valence-corrected chi connectivity index (χ3v) is 4.32. The predicted octanol–water partition coefficient (Wildman–Crippen LogP) is 5.62. The van der Waals surface area contributed by atoms with Crippen molar-refractivity contribution in [1.29, 1.82) is 0 Å². The van der Waals surface area contributed by atoms with E-state index in [0.717, 1.165) is 11.1 Å². The fourth-order valence-electron chi connectivity index (χ4n) is 2.85. The van der Waals surface area contributed by atoms with E-state index in [4.69, 9.17) is 9.15 Å². The quantitative estimate of drug-likeness (QED) is 0.468. The standard InChI is InChI=1S/C24H20N2O3/c1-17-11-13-20(14-12-17)29-22-10-6-5-9-21(22)26-23(27)15-19-16-28-24(25-19)18-7-3-2-4-8-18/h2-14,16H,15H2,1H3,(H,26,27). The molecule has 0 unspecified atom stereocenters. The second-order valence-electron chi connectivity index (χ2n) is 6.65. The monoisotopic (exact) mass is 384 g/mol. The number of benzene rings is 3. The van der Waals surface area contributed by atoms with Crippen molar-refractivity contribution in [3.8, 4) is 23.0 Å². The smallest absolute Gasteiger partial charge is 0.230 e. The first-order valence-electron chi connectivity index (χ1n) is 9.30. The van der Waals surface area contributed by atoms with Crippen molar-refractivity contribution in [1.82, 2.24) is 4.98 Å². The van der Waals surface area contributed by atoms with Crippen LogP contribution in [-0.2, 0) is 11.2 Å². The van der Waals surface area contributed by atoms with Crippen LogP contribution in [0.2, 0.25) is 0 Å². The van der Waals surface area contributed by atoms with Crippen molar-refractivity contribution in [3.63, 3.8) is 0 Å². The van der Waals surface area contributed by atoms with Gasteiger partial charge in [-0.25, -0.2) is 4.98 Å². The molecule has 29 heavy (non-hydrogen) atoms. The highest BCUT2D eigenvalue weighted by molar-refractivity contribution is 5.93. The van der Waals surface area contributed by atoms with Gasteiger partial charge in [0.05, 0.1) is 17.8 Å². The van der Waals surface area contributed by atoms with Crippen LogP contribution in [0.4, 0.5) is 5.69 Å².